The van der Waals surface area contributed by atoms with Crippen molar-refractivity contribution in [2.75, 3.05) is 0 Å². The lowest BCUT2D eigenvalue weighted by molar-refractivity contribution is -0.140. The summed E-state index contributed by atoms with van der Waals surface area (Å²) in [7, 11) is 0. The summed E-state index contributed by atoms with van der Waals surface area (Å²) < 4.78 is 12.7. The summed E-state index contributed by atoms with van der Waals surface area (Å²) >= 11 is 0. The Bertz CT molecular complexity index is 430. The van der Waals surface area contributed by atoms with Gasteiger partial charge in [-0.2, -0.15) is 0 Å². The Hall–Kier alpha value is -1.91. The topological polar surface area (TPSA) is 66.4 Å². The standard InChI is InChI=1S/C13H16FNO3/c1-3-8(2)11(13(17)18)15-12(16)9-4-6-10(14)7-5-9/h4-8,11H,3H2,1-2H3,(H,15,16)(H,17,18)/t8-,11+/m0/s1. The molecule has 0 aliphatic carbocycles. The van der Waals surface area contributed by atoms with Crippen molar-refractivity contribution in [1.29, 1.82) is 0 Å². The number of halogens is 1. The normalized spacial score (nSPS) is 13.7. The van der Waals surface area contributed by atoms with Crippen molar-refractivity contribution < 1.29 is 19.1 Å². The molecule has 98 valence electrons. The van der Waals surface area contributed by atoms with Gasteiger partial charge in [0.05, 0.1) is 0 Å². The zero-order valence-electron chi connectivity index (χ0n) is 10.3. The molecule has 0 heterocycles. The monoisotopic (exact) mass is 253 g/mol. The van der Waals surface area contributed by atoms with Crippen LogP contribution in [0.5, 0.6) is 0 Å². The van der Waals surface area contributed by atoms with Crippen molar-refractivity contribution in [3.05, 3.63) is 35.6 Å². The third-order valence-corrected chi connectivity index (χ3v) is 2.87. The summed E-state index contributed by atoms with van der Waals surface area (Å²) in [5.74, 6) is -2.20. The molecule has 0 radical (unpaired) electrons. The number of benzene rings is 1. The van der Waals surface area contributed by atoms with Gasteiger partial charge in [-0.25, -0.2) is 9.18 Å². The summed E-state index contributed by atoms with van der Waals surface area (Å²) in [5, 5.41) is 11.5. The molecule has 1 aromatic carbocycles. The van der Waals surface area contributed by atoms with Crippen LogP contribution in [-0.4, -0.2) is 23.0 Å². The Balaban J connectivity index is 2.78. The third-order valence-electron chi connectivity index (χ3n) is 2.87. The van der Waals surface area contributed by atoms with Crippen molar-refractivity contribution in [3.63, 3.8) is 0 Å². The van der Waals surface area contributed by atoms with Crippen LogP contribution in [0.25, 0.3) is 0 Å². The highest BCUT2D eigenvalue weighted by Gasteiger charge is 2.25. The van der Waals surface area contributed by atoms with Crippen molar-refractivity contribution in [1.82, 2.24) is 5.32 Å². The number of hydrogen-bond donors (Lipinski definition) is 2. The van der Waals surface area contributed by atoms with E-state index in [0.29, 0.717) is 6.42 Å². The zero-order chi connectivity index (χ0) is 13.7. The molecule has 0 bridgehead atoms. The van der Waals surface area contributed by atoms with Crippen LogP contribution < -0.4 is 5.32 Å². The van der Waals surface area contributed by atoms with Crippen LogP contribution in [0.15, 0.2) is 24.3 Å². The predicted octanol–water partition coefficient (Wildman–Crippen LogP) is 2.05. The first-order chi connectivity index (χ1) is 8.45. The molecule has 0 saturated heterocycles. The highest BCUT2D eigenvalue weighted by atomic mass is 19.1. The van der Waals surface area contributed by atoms with E-state index in [1.54, 1.807) is 6.92 Å². The van der Waals surface area contributed by atoms with Crippen molar-refractivity contribution in [3.8, 4) is 0 Å². The van der Waals surface area contributed by atoms with E-state index in [1.165, 1.54) is 12.1 Å². The number of carboxylic acid groups (broad SMARTS) is 1. The molecule has 1 amide bonds. The zero-order valence-corrected chi connectivity index (χ0v) is 10.3. The Labute approximate surface area is 105 Å². The summed E-state index contributed by atoms with van der Waals surface area (Å²) in [4.78, 5) is 22.8. The lowest BCUT2D eigenvalue weighted by Gasteiger charge is -2.20. The maximum Gasteiger partial charge on any atom is 0.326 e. The molecule has 2 N–H and O–H groups in total. The minimum absolute atomic E-state index is 0.174. The largest absolute Gasteiger partial charge is 0.480 e. The van der Waals surface area contributed by atoms with Gasteiger partial charge in [0.2, 0.25) is 0 Å². The van der Waals surface area contributed by atoms with Crippen LogP contribution in [0.3, 0.4) is 0 Å². The van der Waals surface area contributed by atoms with Crippen molar-refractivity contribution in [2.45, 2.75) is 26.3 Å². The summed E-state index contributed by atoms with van der Waals surface area (Å²) in [6.07, 6.45) is 0.640. The second-order valence-corrected chi connectivity index (χ2v) is 4.18. The molecule has 5 heteroatoms. The molecule has 0 aromatic heterocycles. The summed E-state index contributed by atoms with van der Waals surface area (Å²) in [5.41, 5.74) is 0.242. The van der Waals surface area contributed by atoms with E-state index in [0.717, 1.165) is 12.1 Å². The molecule has 2 atom stereocenters. The fraction of sp³-hybridized carbons (Fsp3) is 0.385. The maximum atomic E-state index is 12.7. The van der Waals surface area contributed by atoms with Crippen molar-refractivity contribution in [2.24, 2.45) is 5.92 Å². The van der Waals surface area contributed by atoms with Crippen LogP contribution in [-0.2, 0) is 4.79 Å². The number of carbonyl (C=O) groups is 2. The highest BCUT2D eigenvalue weighted by Crippen LogP contribution is 2.10. The molecular weight excluding hydrogens is 237 g/mol. The maximum absolute atomic E-state index is 12.7. The molecule has 0 aliphatic heterocycles. The fourth-order valence-corrected chi connectivity index (χ4v) is 1.51. The second kappa shape index (κ2) is 6.14. The lowest BCUT2D eigenvalue weighted by Crippen LogP contribution is -2.45. The second-order valence-electron chi connectivity index (χ2n) is 4.18. The van der Waals surface area contributed by atoms with Gasteiger partial charge in [-0.3, -0.25) is 4.79 Å². The molecule has 0 fully saturated rings. The molecule has 18 heavy (non-hydrogen) atoms. The first-order valence-corrected chi connectivity index (χ1v) is 5.75. The van der Waals surface area contributed by atoms with Gasteiger partial charge in [0.1, 0.15) is 11.9 Å². The molecule has 1 aromatic rings. The number of aliphatic carboxylic acids is 1. The summed E-state index contributed by atoms with van der Waals surface area (Å²) in [6.45, 7) is 3.61. The average molecular weight is 253 g/mol. The Kier molecular flexibility index (Phi) is 4.83. The van der Waals surface area contributed by atoms with E-state index in [9.17, 15) is 14.0 Å². The number of rotatable bonds is 5. The van der Waals surface area contributed by atoms with Crippen LogP contribution in [0.4, 0.5) is 4.39 Å². The Morgan fingerprint density at radius 3 is 2.33 bits per heavy atom. The van der Waals surface area contributed by atoms with Crippen LogP contribution in [0.1, 0.15) is 30.6 Å². The third kappa shape index (κ3) is 3.55. The van der Waals surface area contributed by atoms with E-state index >= 15 is 0 Å². The van der Waals surface area contributed by atoms with Crippen LogP contribution in [0, 0.1) is 11.7 Å². The van der Waals surface area contributed by atoms with Gasteiger partial charge >= 0.3 is 5.97 Å². The van der Waals surface area contributed by atoms with E-state index < -0.39 is 23.7 Å². The predicted molar refractivity (Wildman–Crippen MR) is 64.7 cm³/mol. The molecule has 4 nitrogen and oxygen atoms in total. The molecule has 1 rings (SSSR count). The molecule has 0 spiro atoms. The van der Waals surface area contributed by atoms with Gasteiger partial charge in [-0.05, 0) is 30.2 Å². The summed E-state index contributed by atoms with van der Waals surface area (Å²) in [6, 6.07) is 4.02. The number of nitrogens with one attached hydrogen (secondary N) is 1. The smallest absolute Gasteiger partial charge is 0.326 e. The minimum Gasteiger partial charge on any atom is -0.480 e. The number of carboxylic acids is 1. The van der Waals surface area contributed by atoms with Gasteiger partial charge < -0.3 is 10.4 Å². The van der Waals surface area contributed by atoms with Gasteiger partial charge in [0.25, 0.3) is 5.91 Å². The van der Waals surface area contributed by atoms with Gasteiger partial charge in [-0.15, -0.1) is 0 Å². The van der Waals surface area contributed by atoms with Crippen LogP contribution >= 0.6 is 0 Å². The molecule has 0 unspecified atom stereocenters. The molecule has 0 aliphatic rings. The van der Waals surface area contributed by atoms with Gasteiger partial charge in [-0.1, -0.05) is 20.3 Å². The van der Waals surface area contributed by atoms with Gasteiger partial charge in [0, 0.05) is 5.56 Å². The highest BCUT2D eigenvalue weighted by molar-refractivity contribution is 5.96. The van der Waals surface area contributed by atoms with E-state index in [1.807, 2.05) is 6.92 Å². The fourth-order valence-electron chi connectivity index (χ4n) is 1.51. The SMILES string of the molecule is CC[C@H](C)[C@@H](NC(=O)c1ccc(F)cc1)C(=O)O. The minimum atomic E-state index is -1.07. The van der Waals surface area contributed by atoms with E-state index in [2.05, 4.69) is 5.32 Å². The molecular formula is C13H16FNO3. The van der Waals surface area contributed by atoms with E-state index in [-0.39, 0.29) is 11.5 Å². The van der Waals surface area contributed by atoms with Gasteiger partial charge in [0.15, 0.2) is 0 Å². The first-order valence-electron chi connectivity index (χ1n) is 5.75. The number of hydrogen-bond acceptors (Lipinski definition) is 2. The number of amides is 1. The average Bonchev–Trinajstić information content (AvgIpc) is 2.35. The Morgan fingerprint density at radius 2 is 1.89 bits per heavy atom. The van der Waals surface area contributed by atoms with E-state index in [4.69, 9.17) is 5.11 Å². The van der Waals surface area contributed by atoms with Crippen LogP contribution in [0.2, 0.25) is 0 Å². The molecule has 0 saturated carbocycles. The lowest BCUT2D eigenvalue weighted by atomic mass is 9.99. The number of carbonyl (C=O) groups excluding carboxylic acids is 1. The Morgan fingerprint density at radius 1 is 1.33 bits per heavy atom. The van der Waals surface area contributed by atoms with Crippen molar-refractivity contribution >= 4 is 11.9 Å². The quantitative estimate of drug-likeness (QED) is 0.844. The first kappa shape index (κ1) is 14.2.